The van der Waals surface area contributed by atoms with Gasteiger partial charge in [-0.2, -0.15) is 0 Å². The monoisotopic (exact) mass is 441 g/mol. The first-order valence-electron chi connectivity index (χ1n) is 11.8. The van der Waals surface area contributed by atoms with E-state index in [2.05, 4.69) is 58.4 Å². The van der Waals surface area contributed by atoms with E-state index in [4.69, 9.17) is 0 Å². The van der Waals surface area contributed by atoms with Crippen molar-refractivity contribution in [3.05, 3.63) is 94.0 Å². The van der Waals surface area contributed by atoms with Crippen molar-refractivity contribution in [3.63, 3.8) is 0 Å². The maximum Gasteiger partial charge on any atom is 0.237 e. The predicted octanol–water partition coefficient (Wildman–Crippen LogP) is 4.02. The van der Waals surface area contributed by atoms with Gasteiger partial charge in [-0.1, -0.05) is 42.5 Å². The first-order chi connectivity index (χ1) is 16.1. The molecule has 0 radical (unpaired) electrons. The topological polar surface area (TPSA) is 73.4 Å². The Labute approximate surface area is 195 Å². The van der Waals surface area contributed by atoms with Gasteiger partial charge in [-0.25, -0.2) is 0 Å². The lowest BCUT2D eigenvalue weighted by Gasteiger charge is -2.29. The molecular formula is C28H31N3O2. The molecule has 0 bridgehead atoms. The van der Waals surface area contributed by atoms with Crippen molar-refractivity contribution in [2.24, 2.45) is 0 Å². The lowest BCUT2D eigenvalue weighted by Crippen LogP contribution is -2.47. The van der Waals surface area contributed by atoms with Gasteiger partial charge in [-0.05, 0) is 90.7 Å². The Morgan fingerprint density at radius 3 is 2.76 bits per heavy atom. The summed E-state index contributed by atoms with van der Waals surface area (Å²) in [5.41, 5.74) is 8.18. The summed E-state index contributed by atoms with van der Waals surface area (Å²) in [6, 6.07) is 20.4. The molecule has 170 valence electrons. The molecule has 5 heteroatoms. The van der Waals surface area contributed by atoms with Crippen molar-refractivity contribution in [1.82, 2.24) is 10.6 Å². The number of amides is 1. The quantitative estimate of drug-likeness (QED) is 0.493. The zero-order chi connectivity index (χ0) is 22.8. The maximum atomic E-state index is 13.3. The molecular weight excluding hydrogens is 410 g/mol. The molecule has 5 nitrogen and oxygen atoms in total. The average Bonchev–Trinajstić information content (AvgIpc) is 3.03. The minimum Gasteiger partial charge on any atom is -0.508 e. The van der Waals surface area contributed by atoms with E-state index in [-0.39, 0.29) is 18.0 Å². The number of hydrogen-bond donors (Lipinski definition) is 4. The molecule has 0 aliphatic carbocycles. The second-order valence-corrected chi connectivity index (χ2v) is 9.22. The minimum absolute atomic E-state index is 0.00460. The van der Waals surface area contributed by atoms with E-state index in [0.717, 1.165) is 54.7 Å². The van der Waals surface area contributed by atoms with Crippen LogP contribution in [0.1, 0.15) is 45.8 Å². The van der Waals surface area contributed by atoms with Crippen LogP contribution >= 0.6 is 0 Å². The Bertz CT molecular complexity index is 1160. The van der Waals surface area contributed by atoms with Crippen LogP contribution in [-0.2, 0) is 24.1 Å². The SMILES string of the molecule is Cc1cc(O)cc2c1CC(C(=O)NC1CCNc3cc(Cc4ccccc4)ccc31)NCC2. The Morgan fingerprint density at radius 1 is 1.06 bits per heavy atom. The third kappa shape index (κ3) is 4.74. The van der Waals surface area contributed by atoms with Crippen molar-refractivity contribution in [2.75, 3.05) is 18.4 Å². The molecule has 2 atom stereocenters. The van der Waals surface area contributed by atoms with E-state index in [1.165, 1.54) is 16.7 Å². The van der Waals surface area contributed by atoms with Crippen molar-refractivity contribution in [1.29, 1.82) is 0 Å². The predicted molar refractivity (Wildman–Crippen MR) is 132 cm³/mol. The van der Waals surface area contributed by atoms with Crippen molar-refractivity contribution >= 4 is 11.6 Å². The highest BCUT2D eigenvalue weighted by Crippen LogP contribution is 2.32. The Morgan fingerprint density at radius 2 is 1.91 bits per heavy atom. The molecule has 3 aromatic carbocycles. The number of carbonyl (C=O) groups is 1. The van der Waals surface area contributed by atoms with Gasteiger partial charge in [0.05, 0.1) is 12.1 Å². The van der Waals surface area contributed by atoms with Crippen LogP contribution in [-0.4, -0.2) is 30.1 Å². The van der Waals surface area contributed by atoms with Crippen molar-refractivity contribution in [2.45, 2.75) is 44.7 Å². The summed E-state index contributed by atoms with van der Waals surface area (Å²) in [6.45, 7) is 3.57. The van der Waals surface area contributed by atoms with Crippen LogP contribution in [0.15, 0.2) is 60.7 Å². The summed E-state index contributed by atoms with van der Waals surface area (Å²) >= 11 is 0. The fourth-order valence-electron chi connectivity index (χ4n) is 5.16. The third-order valence-electron chi connectivity index (χ3n) is 6.87. The molecule has 0 fully saturated rings. The van der Waals surface area contributed by atoms with Crippen LogP contribution in [0.4, 0.5) is 5.69 Å². The van der Waals surface area contributed by atoms with Crippen LogP contribution in [0.2, 0.25) is 0 Å². The van der Waals surface area contributed by atoms with Crippen LogP contribution in [0.25, 0.3) is 0 Å². The number of phenolic OH excluding ortho intramolecular Hbond substituents is 1. The molecule has 0 saturated carbocycles. The second kappa shape index (κ2) is 9.28. The van der Waals surface area contributed by atoms with Gasteiger partial charge in [0, 0.05) is 12.2 Å². The number of rotatable bonds is 4. The number of nitrogens with one attached hydrogen (secondary N) is 3. The smallest absolute Gasteiger partial charge is 0.237 e. The zero-order valence-electron chi connectivity index (χ0n) is 19.0. The molecule has 0 aromatic heterocycles. The molecule has 2 unspecified atom stereocenters. The normalized spacial score (nSPS) is 19.5. The minimum atomic E-state index is -0.273. The number of carbonyl (C=O) groups excluding carboxylic acids is 1. The zero-order valence-corrected chi connectivity index (χ0v) is 19.0. The lowest BCUT2D eigenvalue weighted by molar-refractivity contribution is -0.123. The summed E-state index contributed by atoms with van der Waals surface area (Å²) in [6.07, 6.45) is 3.22. The molecule has 4 N–H and O–H groups in total. The molecule has 1 amide bonds. The number of fused-ring (bicyclic) bond motifs is 2. The van der Waals surface area contributed by atoms with Gasteiger partial charge in [-0.15, -0.1) is 0 Å². The van der Waals surface area contributed by atoms with Crippen LogP contribution < -0.4 is 16.0 Å². The van der Waals surface area contributed by atoms with E-state index >= 15 is 0 Å². The largest absolute Gasteiger partial charge is 0.508 e. The standard InChI is InChI=1S/C28H31N3O2/c1-18-13-22(32)16-21-9-11-30-27(17-24(18)21)28(33)31-25-10-12-29-26-15-20(7-8-23(25)26)14-19-5-3-2-4-6-19/h2-8,13,15-16,25,27,29-30,32H,9-12,14,17H2,1H3,(H,31,33). The summed E-state index contributed by atoms with van der Waals surface area (Å²) < 4.78 is 0. The summed E-state index contributed by atoms with van der Waals surface area (Å²) in [7, 11) is 0. The van der Waals surface area contributed by atoms with E-state index in [9.17, 15) is 9.90 Å². The first kappa shape index (κ1) is 21.5. The Balaban J connectivity index is 1.30. The molecule has 2 aliphatic rings. The number of aromatic hydroxyl groups is 1. The molecule has 3 aromatic rings. The summed E-state index contributed by atoms with van der Waals surface area (Å²) in [5, 5.41) is 20.2. The highest BCUT2D eigenvalue weighted by atomic mass is 16.3. The number of hydrogen-bond acceptors (Lipinski definition) is 4. The van der Waals surface area contributed by atoms with Gasteiger partial charge in [0.1, 0.15) is 5.75 Å². The van der Waals surface area contributed by atoms with Gasteiger partial charge in [-0.3, -0.25) is 4.79 Å². The van der Waals surface area contributed by atoms with Gasteiger partial charge < -0.3 is 21.1 Å². The average molecular weight is 442 g/mol. The van der Waals surface area contributed by atoms with Gasteiger partial charge >= 0.3 is 0 Å². The molecule has 5 rings (SSSR count). The lowest BCUT2D eigenvalue weighted by atomic mass is 9.93. The maximum absolute atomic E-state index is 13.3. The molecule has 2 aliphatic heterocycles. The number of phenols is 1. The van der Waals surface area contributed by atoms with Crippen LogP contribution in [0.5, 0.6) is 5.75 Å². The number of benzene rings is 3. The van der Waals surface area contributed by atoms with Gasteiger partial charge in [0.2, 0.25) is 5.91 Å². The highest BCUT2D eigenvalue weighted by molar-refractivity contribution is 5.83. The van der Waals surface area contributed by atoms with E-state index in [1.807, 2.05) is 19.1 Å². The summed E-state index contributed by atoms with van der Waals surface area (Å²) in [4.78, 5) is 13.3. The molecule has 0 saturated heterocycles. The third-order valence-corrected chi connectivity index (χ3v) is 6.87. The van der Waals surface area contributed by atoms with Crippen LogP contribution in [0.3, 0.4) is 0 Å². The van der Waals surface area contributed by atoms with E-state index in [0.29, 0.717) is 12.2 Å². The fraction of sp³-hybridized carbons (Fsp3) is 0.321. The molecule has 33 heavy (non-hydrogen) atoms. The number of anilines is 1. The first-order valence-corrected chi connectivity index (χ1v) is 11.8. The summed E-state index contributed by atoms with van der Waals surface area (Å²) in [5.74, 6) is 0.341. The molecule has 0 spiro atoms. The van der Waals surface area contributed by atoms with Crippen molar-refractivity contribution < 1.29 is 9.90 Å². The van der Waals surface area contributed by atoms with Crippen molar-refractivity contribution in [3.8, 4) is 5.75 Å². The van der Waals surface area contributed by atoms with Gasteiger partial charge in [0.15, 0.2) is 0 Å². The van der Waals surface area contributed by atoms with Gasteiger partial charge in [0.25, 0.3) is 0 Å². The molecule has 2 heterocycles. The van der Waals surface area contributed by atoms with E-state index in [1.54, 1.807) is 6.07 Å². The Hall–Kier alpha value is -3.31. The second-order valence-electron chi connectivity index (χ2n) is 9.22. The fourth-order valence-corrected chi connectivity index (χ4v) is 5.16. The van der Waals surface area contributed by atoms with Crippen LogP contribution in [0, 0.1) is 6.92 Å². The highest BCUT2D eigenvalue weighted by Gasteiger charge is 2.28. The Kier molecular flexibility index (Phi) is 6.05. The van der Waals surface area contributed by atoms with E-state index < -0.39 is 0 Å². The number of aryl methyl sites for hydroxylation is 1.